The number of nitrogens with one attached hydrogen (secondary N) is 2. The van der Waals surface area contributed by atoms with E-state index in [1.807, 2.05) is 6.20 Å². The van der Waals surface area contributed by atoms with Crippen LogP contribution >= 0.6 is 0 Å². The van der Waals surface area contributed by atoms with Gasteiger partial charge in [0.2, 0.25) is 0 Å². The Morgan fingerprint density at radius 2 is 1.94 bits per heavy atom. The first-order valence-corrected chi connectivity index (χ1v) is 8.42. The Labute approximate surface area is 107 Å². The van der Waals surface area contributed by atoms with Gasteiger partial charge in [0.1, 0.15) is 15.7 Å². The fourth-order valence-corrected chi connectivity index (χ4v) is 4.35. The van der Waals surface area contributed by atoms with E-state index in [2.05, 4.69) is 15.3 Å². The van der Waals surface area contributed by atoms with Crippen molar-refractivity contribution in [3.63, 3.8) is 0 Å². The van der Waals surface area contributed by atoms with Gasteiger partial charge < -0.3 is 10.3 Å². The molecule has 2 fully saturated rings. The number of sulfone groups is 1. The molecule has 1 aromatic heterocycles. The molecule has 2 N–H and O–H groups in total. The maximum atomic E-state index is 11.4. The molecule has 6 heteroatoms. The average Bonchev–Trinajstić information content (AvgIpc) is 2.99. The van der Waals surface area contributed by atoms with E-state index >= 15 is 0 Å². The molecule has 1 atom stereocenters. The summed E-state index contributed by atoms with van der Waals surface area (Å²) in [4.78, 5) is 7.87. The first kappa shape index (κ1) is 12.2. The van der Waals surface area contributed by atoms with Crippen LogP contribution in [0.4, 0.5) is 0 Å². The normalized spacial score (nSPS) is 28.6. The highest BCUT2D eigenvalue weighted by molar-refractivity contribution is 7.91. The van der Waals surface area contributed by atoms with E-state index in [9.17, 15) is 8.42 Å². The highest BCUT2D eigenvalue weighted by atomic mass is 32.2. The maximum Gasteiger partial charge on any atom is 0.150 e. The van der Waals surface area contributed by atoms with E-state index < -0.39 is 9.84 Å². The Morgan fingerprint density at radius 1 is 1.17 bits per heavy atom. The number of aromatic amines is 1. The Bertz CT molecular complexity index is 503. The van der Waals surface area contributed by atoms with Gasteiger partial charge in [0, 0.05) is 30.3 Å². The quantitative estimate of drug-likeness (QED) is 0.832. The molecule has 0 aromatic carbocycles. The lowest BCUT2D eigenvalue weighted by Crippen LogP contribution is -2.22. The maximum absolute atomic E-state index is 11.4. The molecular formula is C12H19N3O2S. The van der Waals surface area contributed by atoms with E-state index in [1.165, 1.54) is 0 Å². The van der Waals surface area contributed by atoms with Crippen molar-refractivity contribution in [3.05, 3.63) is 17.7 Å². The molecule has 2 aliphatic rings. The highest BCUT2D eigenvalue weighted by Gasteiger charge is 2.27. The minimum atomic E-state index is -2.78. The zero-order chi connectivity index (χ0) is 12.6. The van der Waals surface area contributed by atoms with E-state index in [0.717, 1.165) is 43.9 Å². The van der Waals surface area contributed by atoms with Crippen molar-refractivity contribution < 1.29 is 8.42 Å². The summed E-state index contributed by atoms with van der Waals surface area (Å²) < 4.78 is 22.8. The van der Waals surface area contributed by atoms with Crippen LogP contribution in [0, 0.1) is 0 Å². The molecule has 18 heavy (non-hydrogen) atoms. The topological polar surface area (TPSA) is 74.8 Å². The number of rotatable bonds is 2. The second-order valence-electron chi connectivity index (χ2n) is 5.34. The molecule has 0 radical (unpaired) electrons. The SMILES string of the molecule is O=S1(=O)CCC(c2cnc(C3CCNC3)[nH]2)CC1. The summed E-state index contributed by atoms with van der Waals surface area (Å²) in [7, 11) is -2.78. The van der Waals surface area contributed by atoms with Crippen LogP contribution in [0.1, 0.15) is 42.6 Å². The van der Waals surface area contributed by atoms with Gasteiger partial charge in [0.05, 0.1) is 11.5 Å². The molecule has 1 aromatic rings. The number of imidazole rings is 1. The van der Waals surface area contributed by atoms with Crippen LogP contribution in [0.2, 0.25) is 0 Å². The van der Waals surface area contributed by atoms with Crippen molar-refractivity contribution in [2.24, 2.45) is 0 Å². The fraction of sp³-hybridized carbons (Fsp3) is 0.750. The Hall–Kier alpha value is -0.880. The molecule has 100 valence electrons. The van der Waals surface area contributed by atoms with Gasteiger partial charge in [-0.25, -0.2) is 13.4 Å². The van der Waals surface area contributed by atoms with Crippen molar-refractivity contribution in [1.29, 1.82) is 0 Å². The van der Waals surface area contributed by atoms with Crippen LogP contribution in [0.5, 0.6) is 0 Å². The van der Waals surface area contributed by atoms with Crippen LogP contribution in [0.3, 0.4) is 0 Å². The second kappa shape index (κ2) is 4.66. The Balaban J connectivity index is 1.70. The summed E-state index contributed by atoms with van der Waals surface area (Å²) >= 11 is 0. The zero-order valence-corrected chi connectivity index (χ0v) is 11.2. The third kappa shape index (κ3) is 2.44. The second-order valence-corrected chi connectivity index (χ2v) is 7.64. The van der Waals surface area contributed by atoms with Gasteiger partial charge in [0.25, 0.3) is 0 Å². The molecule has 3 heterocycles. The molecule has 5 nitrogen and oxygen atoms in total. The molecule has 0 aliphatic carbocycles. The molecule has 2 aliphatic heterocycles. The average molecular weight is 269 g/mol. The largest absolute Gasteiger partial charge is 0.345 e. The van der Waals surface area contributed by atoms with E-state index in [0.29, 0.717) is 23.3 Å². The Kier molecular flexibility index (Phi) is 3.15. The number of H-pyrrole nitrogens is 1. The summed E-state index contributed by atoms with van der Waals surface area (Å²) in [5.74, 6) is 2.52. The summed E-state index contributed by atoms with van der Waals surface area (Å²) in [6.45, 7) is 2.05. The van der Waals surface area contributed by atoms with Crippen molar-refractivity contribution in [3.8, 4) is 0 Å². The van der Waals surface area contributed by atoms with Gasteiger partial charge in [-0.15, -0.1) is 0 Å². The smallest absolute Gasteiger partial charge is 0.150 e. The summed E-state index contributed by atoms with van der Waals surface area (Å²) in [6, 6.07) is 0. The van der Waals surface area contributed by atoms with Gasteiger partial charge in [0.15, 0.2) is 0 Å². The predicted octanol–water partition coefficient (Wildman–Crippen LogP) is 0.779. The van der Waals surface area contributed by atoms with Gasteiger partial charge in [-0.2, -0.15) is 0 Å². The van der Waals surface area contributed by atoms with Crippen LogP contribution in [-0.2, 0) is 9.84 Å². The molecule has 1 unspecified atom stereocenters. The van der Waals surface area contributed by atoms with Gasteiger partial charge >= 0.3 is 0 Å². The van der Waals surface area contributed by atoms with Crippen molar-refractivity contribution >= 4 is 9.84 Å². The van der Waals surface area contributed by atoms with Crippen LogP contribution in [0.25, 0.3) is 0 Å². The number of aromatic nitrogens is 2. The van der Waals surface area contributed by atoms with Gasteiger partial charge in [-0.1, -0.05) is 0 Å². The van der Waals surface area contributed by atoms with Gasteiger partial charge in [-0.05, 0) is 25.8 Å². The van der Waals surface area contributed by atoms with Crippen molar-refractivity contribution in [2.75, 3.05) is 24.6 Å². The minimum absolute atomic E-state index is 0.316. The lowest BCUT2D eigenvalue weighted by molar-refractivity contribution is 0.544. The van der Waals surface area contributed by atoms with Crippen LogP contribution in [0.15, 0.2) is 6.20 Å². The first-order chi connectivity index (χ1) is 8.64. The monoisotopic (exact) mass is 269 g/mol. The lowest BCUT2D eigenvalue weighted by Gasteiger charge is -2.20. The number of nitrogens with zero attached hydrogens (tertiary/aromatic N) is 1. The van der Waals surface area contributed by atoms with E-state index in [1.54, 1.807) is 0 Å². The molecule has 0 spiro atoms. The standard InChI is InChI=1S/C12H19N3O2S/c16-18(17)5-2-9(3-6-18)11-8-14-12(15-11)10-1-4-13-7-10/h8-10,13H,1-7H2,(H,14,15). The molecule has 3 rings (SSSR count). The zero-order valence-electron chi connectivity index (χ0n) is 10.4. The fourth-order valence-electron chi connectivity index (χ4n) is 2.86. The molecule has 0 amide bonds. The lowest BCUT2D eigenvalue weighted by atomic mass is 10.00. The summed E-state index contributed by atoms with van der Waals surface area (Å²) in [6.07, 6.45) is 4.49. The number of hydrogen-bond acceptors (Lipinski definition) is 4. The summed E-state index contributed by atoms with van der Waals surface area (Å²) in [5, 5.41) is 3.33. The number of hydrogen-bond donors (Lipinski definition) is 2. The summed E-state index contributed by atoms with van der Waals surface area (Å²) in [5.41, 5.74) is 1.12. The third-order valence-corrected chi connectivity index (χ3v) is 5.77. The van der Waals surface area contributed by atoms with E-state index in [-0.39, 0.29) is 0 Å². The van der Waals surface area contributed by atoms with Crippen molar-refractivity contribution in [2.45, 2.75) is 31.1 Å². The minimum Gasteiger partial charge on any atom is -0.345 e. The molecule has 0 saturated carbocycles. The van der Waals surface area contributed by atoms with E-state index in [4.69, 9.17) is 0 Å². The van der Waals surface area contributed by atoms with Gasteiger partial charge in [-0.3, -0.25) is 0 Å². The highest BCUT2D eigenvalue weighted by Crippen LogP contribution is 2.29. The third-order valence-electron chi connectivity index (χ3n) is 4.06. The molecular weight excluding hydrogens is 250 g/mol. The van der Waals surface area contributed by atoms with Crippen LogP contribution in [-0.4, -0.2) is 43.0 Å². The Morgan fingerprint density at radius 3 is 2.61 bits per heavy atom. The first-order valence-electron chi connectivity index (χ1n) is 6.60. The van der Waals surface area contributed by atoms with Crippen LogP contribution < -0.4 is 5.32 Å². The molecule has 0 bridgehead atoms. The predicted molar refractivity (Wildman–Crippen MR) is 69.4 cm³/mol. The molecule has 2 saturated heterocycles. The van der Waals surface area contributed by atoms with Crippen molar-refractivity contribution in [1.82, 2.24) is 15.3 Å².